The molecular weight excluding hydrogens is 363 g/mol. The molecule has 0 bridgehead atoms. The molecule has 4 rings (SSSR count). The Hall–Kier alpha value is -3.29. The van der Waals surface area contributed by atoms with Crippen LogP contribution in [-0.4, -0.2) is 34.0 Å². The highest BCUT2D eigenvalue weighted by Gasteiger charge is 2.27. The minimum atomic E-state index is -0.400. The molecule has 3 heterocycles. The third-order valence-electron chi connectivity index (χ3n) is 4.87. The molecule has 1 amide bonds. The maximum atomic E-state index is 13.9. The molecule has 144 valence electrons. The molecule has 1 saturated heterocycles. The van der Waals surface area contributed by atoms with E-state index in [1.54, 1.807) is 35.2 Å². The van der Waals surface area contributed by atoms with Crippen molar-refractivity contribution < 1.29 is 18.4 Å². The Kier molecular flexibility index (Phi) is 5.01. The average Bonchev–Trinajstić information content (AvgIpc) is 3.16. The number of nitrogens with zero attached hydrogens (tertiary/aromatic N) is 4. The minimum Gasteiger partial charge on any atom is -0.619 e. The molecular formula is C20H19FN4O3. The summed E-state index contributed by atoms with van der Waals surface area (Å²) >= 11 is 0. The predicted octanol–water partition coefficient (Wildman–Crippen LogP) is 2.60. The van der Waals surface area contributed by atoms with Crippen molar-refractivity contribution in [3.8, 4) is 11.4 Å². The summed E-state index contributed by atoms with van der Waals surface area (Å²) in [7, 11) is 0. The lowest BCUT2D eigenvalue weighted by Crippen LogP contribution is -2.41. The van der Waals surface area contributed by atoms with Crippen molar-refractivity contribution in [3.05, 3.63) is 71.3 Å². The Morgan fingerprint density at radius 3 is 3.00 bits per heavy atom. The fourth-order valence-corrected chi connectivity index (χ4v) is 3.52. The number of likely N-dealkylation sites (tertiary alicyclic amines) is 1. The van der Waals surface area contributed by atoms with Crippen LogP contribution in [0.2, 0.25) is 0 Å². The number of carbonyl (C=O) groups is 1. The van der Waals surface area contributed by atoms with Gasteiger partial charge in [-0.05, 0) is 37.0 Å². The molecule has 0 saturated carbocycles. The van der Waals surface area contributed by atoms with Gasteiger partial charge >= 0.3 is 0 Å². The molecule has 1 aliphatic heterocycles. The molecule has 2 aromatic heterocycles. The summed E-state index contributed by atoms with van der Waals surface area (Å²) in [6, 6.07) is 9.48. The van der Waals surface area contributed by atoms with Gasteiger partial charge in [-0.2, -0.15) is 9.71 Å². The van der Waals surface area contributed by atoms with Crippen LogP contribution in [0.15, 0.2) is 53.3 Å². The van der Waals surface area contributed by atoms with Crippen LogP contribution in [0.5, 0.6) is 0 Å². The Balaban J connectivity index is 1.43. The molecule has 0 spiro atoms. The Morgan fingerprint density at radius 2 is 2.18 bits per heavy atom. The summed E-state index contributed by atoms with van der Waals surface area (Å²) in [5.74, 6) is 0.251. The maximum absolute atomic E-state index is 13.9. The van der Waals surface area contributed by atoms with Crippen molar-refractivity contribution in [3.63, 3.8) is 0 Å². The lowest BCUT2D eigenvalue weighted by atomic mass is 9.94. The Bertz CT molecular complexity index is 991. The number of hydrogen-bond donors (Lipinski definition) is 0. The molecule has 28 heavy (non-hydrogen) atoms. The lowest BCUT2D eigenvalue weighted by Gasteiger charge is -2.32. The number of piperidine rings is 1. The van der Waals surface area contributed by atoms with Gasteiger partial charge in [-0.15, -0.1) is 0 Å². The van der Waals surface area contributed by atoms with Gasteiger partial charge < -0.3 is 14.6 Å². The first-order valence-electron chi connectivity index (χ1n) is 9.16. The van der Waals surface area contributed by atoms with E-state index in [1.807, 2.05) is 0 Å². The topological polar surface area (TPSA) is 86.2 Å². The Labute approximate surface area is 161 Å². The van der Waals surface area contributed by atoms with Gasteiger partial charge in [0.25, 0.3) is 5.91 Å². The van der Waals surface area contributed by atoms with Crippen molar-refractivity contribution >= 4 is 5.91 Å². The van der Waals surface area contributed by atoms with Crippen molar-refractivity contribution in [1.29, 1.82) is 0 Å². The van der Waals surface area contributed by atoms with E-state index in [2.05, 4.69) is 10.1 Å². The average molecular weight is 382 g/mol. The lowest BCUT2D eigenvalue weighted by molar-refractivity contribution is -0.605. The molecule has 0 unspecified atom stereocenters. The summed E-state index contributed by atoms with van der Waals surface area (Å²) in [6.45, 7) is 1.19. The fourth-order valence-electron chi connectivity index (χ4n) is 3.52. The number of hydrogen-bond acceptors (Lipinski definition) is 5. The highest BCUT2D eigenvalue weighted by molar-refractivity contribution is 5.93. The zero-order chi connectivity index (χ0) is 19.5. The molecule has 8 heteroatoms. The van der Waals surface area contributed by atoms with Crippen LogP contribution in [0.25, 0.3) is 11.4 Å². The first-order valence-corrected chi connectivity index (χ1v) is 9.16. The highest BCUT2D eigenvalue weighted by atomic mass is 19.1. The van der Waals surface area contributed by atoms with Crippen LogP contribution in [0.3, 0.4) is 0 Å². The largest absolute Gasteiger partial charge is 0.619 e. The van der Waals surface area contributed by atoms with E-state index in [0.717, 1.165) is 12.8 Å². The number of aromatic nitrogens is 3. The summed E-state index contributed by atoms with van der Waals surface area (Å²) < 4.78 is 19.8. The second-order valence-electron chi connectivity index (χ2n) is 6.91. The SMILES string of the molecule is O=C(c1ccc[n+]([O-])c1)N1CCC[C@@H](Cc2nc(-c3ccccc3F)no2)C1. The maximum Gasteiger partial charge on any atom is 0.259 e. The first-order chi connectivity index (χ1) is 13.6. The van der Waals surface area contributed by atoms with Gasteiger partial charge in [0.05, 0.1) is 5.56 Å². The van der Waals surface area contributed by atoms with E-state index in [9.17, 15) is 14.4 Å². The van der Waals surface area contributed by atoms with Crippen LogP contribution in [-0.2, 0) is 6.42 Å². The second kappa shape index (κ2) is 7.75. The molecule has 1 fully saturated rings. The second-order valence-corrected chi connectivity index (χ2v) is 6.91. The predicted molar refractivity (Wildman–Crippen MR) is 97.4 cm³/mol. The number of carbonyl (C=O) groups excluding carboxylic acids is 1. The zero-order valence-electron chi connectivity index (χ0n) is 15.1. The molecule has 0 radical (unpaired) electrons. The van der Waals surface area contributed by atoms with Gasteiger partial charge in [0.15, 0.2) is 12.4 Å². The van der Waals surface area contributed by atoms with E-state index >= 15 is 0 Å². The molecule has 0 N–H and O–H groups in total. The number of amides is 1. The van der Waals surface area contributed by atoms with Crippen LogP contribution < -0.4 is 4.73 Å². The normalized spacial score (nSPS) is 16.9. The zero-order valence-corrected chi connectivity index (χ0v) is 15.1. The van der Waals surface area contributed by atoms with Crippen molar-refractivity contribution in [2.45, 2.75) is 19.3 Å². The number of pyridine rings is 1. The van der Waals surface area contributed by atoms with E-state index in [0.29, 0.717) is 41.3 Å². The quantitative estimate of drug-likeness (QED) is 0.511. The van der Waals surface area contributed by atoms with Gasteiger partial charge in [-0.1, -0.05) is 17.3 Å². The summed E-state index contributed by atoms with van der Waals surface area (Å²) in [4.78, 5) is 18.7. The Morgan fingerprint density at radius 1 is 1.32 bits per heavy atom. The van der Waals surface area contributed by atoms with Gasteiger partial charge in [0, 0.05) is 25.6 Å². The molecule has 0 aliphatic carbocycles. The number of rotatable bonds is 4. The van der Waals surface area contributed by atoms with Gasteiger partial charge in [0.1, 0.15) is 11.4 Å². The van der Waals surface area contributed by atoms with Crippen molar-refractivity contribution in [1.82, 2.24) is 15.0 Å². The third kappa shape index (κ3) is 3.85. The number of halogens is 1. The minimum absolute atomic E-state index is 0.160. The summed E-state index contributed by atoms with van der Waals surface area (Å²) in [5, 5.41) is 15.3. The smallest absolute Gasteiger partial charge is 0.259 e. The van der Waals surface area contributed by atoms with E-state index < -0.39 is 5.82 Å². The van der Waals surface area contributed by atoms with Gasteiger partial charge in [0.2, 0.25) is 11.7 Å². The monoisotopic (exact) mass is 382 g/mol. The van der Waals surface area contributed by atoms with E-state index in [1.165, 1.54) is 18.5 Å². The van der Waals surface area contributed by atoms with Crippen molar-refractivity contribution in [2.24, 2.45) is 5.92 Å². The molecule has 3 aromatic rings. The molecule has 1 aromatic carbocycles. The molecule has 7 nitrogen and oxygen atoms in total. The highest BCUT2D eigenvalue weighted by Crippen LogP contribution is 2.24. The van der Waals surface area contributed by atoms with Crippen LogP contribution >= 0.6 is 0 Å². The third-order valence-corrected chi connectivity index (χ3v) is 4.87. The molecule has 1 aliphatic rings. The van der Waals surface area contributed by atoms with E-state index in [-0.39, 0.29) is 17.6 Å². The fraction of sp³-hybridized carbons (Fsp3) is 0.300. The first kappa shape index (κ1) is 18.1. The van der Waals surface area contributed by atoms with Crippen LogP contribution in [0, 0.1) is 16.9 Å². The number of benzene rings is 1. The van der Waals surface area contributed by atoms with Crippen LogP contribution in [0.4, 0.5) is 4.39 Å². The van der Waals surface area contributed by atoms with Crippen molar-refractivity contribution in [2.75, 3.05) is 13.1 Å². The standard InChI is InChI=1S/C20H19FN4O3/c21-17-8-2-1-7-16(17)19-22-18(28-23-19)11-14-5-3-9-24(12-14)20(26)15-6-4-10-25(27)13-15/h1-2,4,6-8,10,13-14H,3,5,9,11-12H2/t14-/m0/s1. The summed E-state index contributed by atoms with van der Waals surface area (Å²) in [5.41, 5.74) is 0.672. The molecule has 1 atom stereocenters. The van der Waals surface area contributed by atoms with Crippen LogP contribution in [0.1, 0.15) is 29.1 Å². The summed E-state index contributed by atoms with van der Waals surface area (Å²) in [6.07, 6.45) is 4.93. The van der Waals surface area contributed by atoms with Gasteiger partial charge in [-0.3, -0.25) is 4.79 Å². The van der Waals surface area contributed by atoms with Gasteiger partial charge in [-0.25, -0.2) is 4.39 Å². The van der Waals surface area contributed by atoms with E-state index in [4.69, 9.17) is 4.52 Å².